The molecule has 0 fully saturated rings. The molecular weight excluding hydrogens is 214 g/mol. The van der Waals surface area contributed by atoms with Crippen molar-refractivity contribution in [2.24, 2.45) is 0 Å². The van der Waals surface area contributed by atoms with Gasteiger partial charge in [0.05, 0.1) is 12.9 Å². The summed E-state index contributed by atoms with van der Waals surface area (Å²) in [5.41, 5.74) is 5.33. The average molecular weight is 223 g/mol. The van der Waals surface area contributed by atoms with Gasteiger partial charge >= 0.3 is 11.8 Å². The van der Waals surface area contributed by atoms with Crippen molar-refractivity contribution in [3.05, 3.63) is 16.8 Å². The number of nitrogens with zero attached hydrogens (tertiary/aromatic N) is 3. The summed E-state index contributed by atoms with van der Waals surface area (Å²) < 4.78 is 5.34. The van der Waals surface area contributed by atoms with E-state index in [-0.39, 0.29) is 18.1 Å². The van der Waals surface area contributed by atoms with Gasteiger partial charge < -0.3 is 15.5 Å². The zero-order valence-corrected chi connectivity index (χ0v) is 8.43. The van der Waals surface area contributed by atoms with Crippen molar-refractivity contribution < 1.29 is 9.53 Å². The normalized spacial score (nSPS) is 10.6. The molecule has 0 aliphatic heterocycles. The largest absolute Gasteiger partial charge is 0.449 e. The molecule has 2 heterocycles. The van der Waals surface area contributed by atoms with Gasteiger partial charge in [0.15, 0.2) is 5.65 Å². The predicted octanol–water partition coefficient (Wildman–Crippen LogP) is -0.294. The van der Waals surface area contributed by atoms with Crippen molar-refractivity contribution in [2.45, 2.75) is 6.92 Å². The zero-order chi connectivity index (χ0) is 11.7. The number of hydrogen-bond acceptors (Lipinski definition) is 6. The standard InChI is InChI=1S/C8H9N5O3/c1-2-16-8(15)13-5(9)4-6(11-3-10-4)12-7(13)14/h3H,2,9H2,1H3,(H,10,11,12,14). The van der Waals surface area contributed by atoms with Crippen LogP contribution in [0.25, 0.3) is 11.2 Å². The lowest BCUT2D eigenvalue weighted by molar-refractivity contribution is 0.153. The molecule has 0 atom stereocenters. The minimum atomic E-state index is -0.853. The summed E-state index contributed by atoms with van der Waals surface area (Å²) in [5.74, 6) is -0.0639. The molecule has 2 rings (SSSR count). The van der Waals surface area contributed by atoms with Crippen molar-refractivity contribution in [3.63, 3.8) is 0 Å². The lowest BCUT2D eigenvalue weighted by atomic mass is 10.5. The van der Waals surface area contributed by atoms with Crippen LogP contribution in [0, 0.1) is 0 Å². The molecule has 16 heavy (non-hydrogen) atoms. The number of hydrogen-bond donors (Lipinski definition) is 2. The van der Waals surface area contributed by atoms with Crippen LogP contribution in [0.4, 0.5) is 10.6 Å². The lowest BCUT2D eigenvalue weighted by Gasteiger charge is -2.06. The van der Waals surface area contributed by atoms with E-state index in [2.05, 4.69) is 19.7 Å². The van der Waals surface area contributed by atoms with Crippen LogP contribution in [0.5, 0.6) is 0 Å². The van der Waals surface area contributed by atoms with Gasteiger partial charge in [0, 0.05) is 0 Å². The van der Waals surface area contributed by atoms with Gasteiger partial charge in [0.2, 0.25) is 0 Å². The fourth-order valence-corrected chi connectivity index (χ4v) is 1.28. The van der Waals surface area contributed by atoms with Gasteiger partial charge in [0.1, 0.15) is 11.3 Å². The molecule has 0 radical (unpaired) electrons. The topological polar surface area (TPSA) is 116 Å². The molecule has 0 unspecified atom stereocenters. The molecule has 8 heteroatoms. The Bertz CT molecular complexity index is 599. The molecule has 84 valence electrons. The number of nitrogens with two attached hydrogens (primary N) is 1. The molecule has 0 bridgehead atoms. The van der Waals surface area contributed by atoms with Gasteiger partial charge in [-0.3, -0.25) is 0 Å². The highest BCUT2D eigenvalue weighted by Crippen LogP contribution is 2.12. The summed E-state index contributed by atoms with van der Waals surface area (Å²) in [7, 11) is 0. The Hall–Kier alpha value is -2.38. The second-order valence-electron chi connectivity index (χ2n) is 2.92. The van der Waals surface area contributed by atoms with E-state index >= 15 is 0 Å². The van der Waals surface area contributed by atoms with Gasteiger partial charge in [-0.15, -0.1) is 0 Å². The first-order valence-electron chi connectivity index (χ1n) is 4.54. The third-order valence-electron chi connectivity index (χ3n) is 1.96. The Morgan fingerprint density at radius 3 is 3.12 bits per heavy atom. The average Bonchev–Trinajstić information content (AvgIpc) is 2.66. The van der Waals surface area contributed by atoms with Crippen molar-refractivity contribution in [1.29, 1.82) is 0 Å². The summed E-state index contributed by atoms with van der Waals surface area (Å²) in [5, 5.41) is 0. The number of imidazole rings is 1. The number of aromatic amines is 1. The van der Waals surface area contributed by atoms with Gasteiger partial charge in [0.25, 0.3) is 0 Å². The molecule has 0 aliphatic carbocycles. The number of nitrogens with one attached hydrogen (secondary N) is 1. The second-order valence-corrected chi connectivity index (χ2v) is 2.92. The number of aromatic nitrogens is 4. The second kappa shape index (κ2) is 3.65. The van der Waals surface area contributed by atoms with Crippen molar-refractivity contribution in [2.75, 3.05) is 12.3 Å². The first-order valence-corrected chi connectivity index (χ1v) is 4.54. The Morgan fingerprint density at radius 2 is 2.44 bits per heavy atom. The van der Waals surface area contributed by atoms with Crippen molar-refractivity contribution >= 4 is 23.1 Å². The predicted molar refractivity (Wildman–Crippen MR) is 55.0 cm³/mol. The van der Waals surface area contributed by atoms with Crippen LogP contribution in [0.1, 0.15) is 6.92 Å². The first-order chi connectivity index (χ1) is 7.65. The van der Waals surface area contributed by atoms with E-state index in [1.807, 2.05) is 0 Å². The monoisotopic (exact) mass is 223 g/mol. The smallest absolute Gasteiger partial charge is 0.423 e. The molecule has 0 amide bonds. The summed E-state index contributed by atoms with van der Waals surface area (Å²) in [6.45, 7) is 1.77. The van der Waals surface area contributed by atoms with Gasteiger partial charge in [-0.1, -0.05) is 0 Å². The number of ether oxygens (including phenoxy) is 1. The van der Waals surface area contributed by atoms with Crippen LogP contribution in [0.15, 0.2) is 11.1 Å². The molecule has 0 saturated carbocycles. The number of nitrogen functional groups attached to an aromatic ring is 1. The molecule has 0 spiro atoms. The third kappa shape index (κ3) is 1.40. The molecular formula is C8H9N5O3. The minimum absolute atomic E-state index is 0.0639. The minimum Gasteiger partial charge on any atom is -0.449 e. The zero-order valence-electron chi connectivity index (χ0n) is 8.43. The van der Waals surface area contributed by atoms with E-state index in [1.165, 1.54) is 6.33 Å². The summed E-state index contributed by atoms with van der Waals surface area (Å²) in [6.07, 6.45) is 0.483. The van der Waals surface area contributed by atoms with E-state index in [0.29, 0.717) is 10.1 Å². The Labute approximate surface area is 89.1 Å². The van der Waals surface area contributed by atoms with E-state index in [1.54, 1.807) is 6.92 Å². The third-order valence-corrected chi connectivity index (χ3v) is 1.96. The van der Waals surface area contributed by atoms with E-state index < -0.39 is 11.8 Å². The molecule has 3 N–H and O–H groups in total. The van der Waals surface area contributed by atoms with E-state index in [4.69, 9.17) is 5.73 Å². The maximum atomic E-state index is 11.5. The fraction of sp³-hybridized carbons (Fsp3) is 0.250. The maximum absolute atomic E-state index is 11.5. The summed E-state index contributed by atoms with van der Waals surface area (Å²) >= 11 is 0. The van der Waals surface area contributed by atoms with Crippen LogP contribution in [0.3, 0.4) is 0 Å². The van der Waals surface area contributed by atoms with Crippen LogP contribution in [-0.4, -0.2) is 32.2 Å². The quantitative estimate of drug-likeness (QED) is 0.686. The lowest BCUT2D eigenvalue weighted by Crippen LogP contribution is -2.32. The first kappa shape index (κ1) is 10.1. The molecule has 8 nitrogen and oxygen atoms in total. The molecule has 2 aromatic rings. The van der Waals surface area contributed by atoms with Gasteiger partial charge in [-0.25, -0.2) is 14.6 Å². The van der Waals surface area contributed by atoms with Crippen LogP contribution in [0.2, 0.25) is 0 Å². The molecule has 0 aliphatic rings. The number of H-pyrrole nitrogens is 1. The van der Waals surface area contributed by atoms with Gasteiger partial charge in [-0.2, -0.15) is 9.55 Å². The summed E-state index contributed by atoms with van der Waals surface area (Å²) in [6, 6.07) is 0. The SMILES string of the molecule is CCOC(=O)n1c(N)c2[nH]cnc2nc1=O. The molecule has 0 saturated heterocycles. The van der Waals surface area contributed by atoms with E-state index in [0.717, 1.165) is 0 Å². The van der Waals surface area contributed by atoms with Crippen LogP contribution in [-0.2, 0) is 4.74 Å². The van der Waals surface area contributed by atoms with Crippen LogP contribution < -0.4 is 11.4 Å². The number of carbonyl (C=O) groups excluding carboxylic acids is 1. The van der Waals surface area contributed by atoms with E-state index in [9.17, 15) is 9.59 Å². The highest BCUT2D eigenvalue weighted by Gasteiger charge is 2.16. The highest BCUT2D eigenvalue weighted by atomic mass is 16.5. The molecule has 0 aromatic carbocycles. The Kier molecular flexibility index (Phi) is 2.31. The number of fused-ring (bicyclic) bond motifs is 1. The number of carbonyl (C=O) groups is 1. The van der Waals surface area contributed by atoms with Crippen molar-refractivity contribution in [3.8, 4) is 0 Å². The Balaban J connectivity index is 2.68. The van der Waals surface area contributed by atoms with Gasteiger partial charge in [-0.05, 0) is 6.92 Å². The number of rotatable bonds is 1. The maximum Gasteiger partial charge on any atom is 0.423 e. The van der Waals surface area contributed by atoms with Crippen molar-refractivity contribution in [1.82, 2.24) is 19.5 Å². The summed E-state index contributed by atoms with van der Waals surface area (Å²) in [4.78, 5) is 33.0. The van der Waals surface area contributed by atoms with Crippen LogP contribution >= 0.6 is 0 Å². The number of anilines is 1. The highest BCUT2D eigenvalue weighted by molar-refractivity contribution is 5.87. The Morgan fingerprint density at radius 1 is 1.69 bits per heavy atom. The fourth-order valence-electron chi connectivity index (χ4n) is 1.28. The molecule has 2 aromatic heterocycles.